The summed E-state index contributed by atoms with van der Waals surface area (Å²) in [5.41, 5.74) is 1.13. The normalized spacial score (nSPS) is 12.3. The molecule has 0 aliphatic heterocycles. The lowest BCUT2D eigenvalue weighted by Gasteiger charge is -2.19. The van der Waals surface area contributed by atoms with Crippen LogP contribution in [0.5, 0.6) is 0 Å². The quantitative estimate of drug-likeness (QED) is 0.354. The molecule has 166 valence electrons. The van der Waals surface area contributed by atoms with Crippen LogP contribution in [0.4, 0.5) is 0 Å². The van der Waals surface area contributed by atoms with Gasteiger partial charge in [0.15, 0.2) is 6.10 Å². The van der Waals surface area contributed by atoms with E-state index in [4.69, 9.17) is 4.74 Å². The number of hydrogen-bond acceptors (Lipinski definition) is 5. The smallest absolute Gasteiger partial charge is 0.339 e. The van der Waals surface area contributed by atoms with E-state index >= 15 is 0 Å². The Labute approximate surface area is 188 Å². The summed E-state index contributed by atoms with van der Waals surface area (Å²) < 4.78 is 32.2. The van der Waals surface area contributed by atoms with Crippen LogP contribution in [-0.2, 0) is 14.8 Å². The van der Waals surface area contributed by atoms with Crippen LogP contribution in [0.2, 0.25) is 0 Å². The number of hydrogen-bond donors (Lipinski definition) is 0. The Morgan fingerprint density at radius 1 is 0.781 bits per heavy atom. The maximum absolute atomic E-state index is 13.1. The molecule has 0 saturated carbocycles. The molecule has 0 N–H and O–H groups in total. The summed E-state index contributed by atoms with van der Waals surface area (Å²) >= 11 is 0. The van der Waals surface area contributed by atoms with E-state index in [1.165, 1.54) is 28.6 Å². The molecular formula is C25H25NO5S. The zero-order chi connectivity index (χ0) is 23.1. The predicted molar refractivity (Wildman–Crippen MR) is 122 cm³/mol. The van der Waals surface area contributed by atoms with Crippen molar-refractivity contribution in [2.45, 2.75) is 24.8 Å². The number of ether oxygens (including phenoxy) is 1. The summed E-state index contributed by atoms with van der Waals surface area (Å²) in [6.45, 7) is 4.23. The lowest BCUT2D eigenvalue weighted by Crippen LogP contribution is -2.30. The van der Waals surface area contributed by atoms with Gasteiger partial charge in [0.25, 0.3) is 0 Å². The number of Topliss-reactive ketones (excluding diaryl/α,β-unsaturated/α-hetero) is 1. The van der Waals surface area contributed by atoms with Crippen LogP contribution in [0, 0.1) is 0 Å². The predicted octanol–water partition coefficient (Wildman–Crippen LogP) is 4.50. The Hall–Kier alpha value is -3.29. The largest absolute Gasteiger partial charge is 0.445 e. The highest BCUT2D eigenvalue weighted by atomic mass is 32.2. The molecule has 1 atom stereocenters. The van der Waals surface area contributed by atoms with Crippen LogP contribution in [0.15, 0.2) is 89.8 Å². The summed E-state index contributed by atoms with van der Waals surface area (Å²) in [5.74, 6) is -1.05. The average molecular weight is 452 g/mol. The number of esters is 1. The molecule has 3 rings (SSSR count). The van der Waals surface area contributed by atoms with E-state index in [2.05, 4.69) is 0 Å². The third kappa shape index (κ3) is 5.12. The van der Waals surface area contributed by atoms with Gasteiger partial charge in [0.1, 0.15) is 0 Å². The van der Waals surface area contributed by atoms with E-state index in [0.29, 0.717) is 24.2 Å². The Kier molecular flexibility index (Phi) is 7.56. The number of benzene rings is 3. The van der Waals surface area contributed by atoms with Gasteiger partial charge >= 0.3 is 5.97 Å². The SMILES string of the molecule is CCN(CC)S(=O)(=O)c1ccc(C(=O)OC(C(=O)c2ccccc2)c2ccccc2)cc1. The maximum atomic E-state index is 13.1. The van der Waals surface area contributed by atoms with E-state index in [1.54, 1.807) is 68.4 Å². The van der Waals surface area contributed by atoms with Gasteiger partial charge in [-0.2, -0.15) is 4.31 Å². The minimum Gasteiger partial charge on any atom is -0.445 e. The number of nitrogens with zero attached hydrogens (tertiary/aromatic N) is 1. The standard InChI is InChI=1S/C25H25NO5S/c1-3-26(4-2)32(29,30)22-17-15-21(16-18-22)25(28)31-24(20-13-9-6-10-14-20)23(27)19-11-7-5-8-12-19/h5-18,24H,3-4H2,1-2H3. The molecule has 0 aromatic heterocycles. The second-order valence-corrected chi connectivity index (χ2v) is 8.98. The van der Waals surface area contributed by atoms with Gasteiger partial charge in [0, 0.05) is 24.2 Å². The Balaban J connectivity index is 1.86. The Morgan fingerprint density at radius 2 is 1.31 bits per heavy atom. The van der Waals surface area contributed by atoms with Crippen molar-refractivity contribution in [3.8, 4) is 0 Å². The van der Waals surface area contributed by atoms with Crippen LogP contribution in [0.3, 0.4) is 0 Å². The van der Waals surface area contributed by atoms with Crippen molar-refractivity contribution in [3.05, 3.63) is 102 Å². The molecule has 3 aromatic rings. The van der Waals surface area contributed by atoms with Gasteiger partial charge in [0.2, 0.25) is 15.8 Å². The van der Waals surface area contributed by atoms with Crippen LogP contribution in [0.1, 0.15) is 46.2 Å². The van der Waals surface area contributed by atoms with Crippen LogP contribution in [-0.4, -0.2) is 37.6 Å². The first kappa shape index (κ1) is 23.4. The molecule has 0 radical (unpaired) electrons. The zero-order valence-electron chi connectivity index (χ0n) is 18.0. The number of sulfonamides is 1. The number of carbonyl (C=O) groups is 2. The van der Waals surface area contributed by atoms with Crippen molar-refractivity contribution >= 4 is 21.8 Å². The molecule has 0 saturated heterocycles. The lowest BCUT2D eigenvalue weighted by atomic mass is 10.00. The third-order valence-corrected chi connectivity index (χ3v) is 7.12. The van der Waals surface area contributed by atoms with Gasteiger partial charge in [-0.05, 0) is 24.3 Å². The monoisotopic (exact) mass is 451 g/mol. The van der Waals surface area contributed by atoms with Crippen molar-refractivity contribution in [1.29, 1.82) is 0 Å². The molecule has 0 heterocycles. The Morgan fingerprint density at radius 3 is 1.84 bits per heavy atom. The summed E-state index contributed by atoms with van der Waals surface area (Å²) in [5, 5.41) is 0. The molecule has 0 amide bonds. The fourth-order valence-corrected chi connectivity index (χ4v) is 4.76. The van der Waals surface area contributed by atoms with Gasteiger partial charge in [-0.15, -0.1) is 0 Å². The molecule has 32 heavy (non-hydrogen) atoms. The van der Waals surface area contributed by atoms with Crippen molar-refractivity contribution in [3.63, 3.8) is 0 Å². The molecule has 0 bridgehead atoms. The molecule has 3 aromatic carbocycles. The fourth-order valence-electron chi connectivity index (χ4n) is 3.31. The van der Waals surface area contributed by atoms with Gasteiger partial charge in [-0.25, -0.2) is 13.2 Å². The lowest BCUT2D eigenvalue weighted by molar-refractivity contribution is 0.0280. The second kappa shape index (κ2) is 10.3. The first-order chi connectivity index (χ1) is 15.4. The topological polar surface area (TPSA) is 80.8 Å². The van der Waals surface area contributed by atoms with Gasteiger partial charge < -0.3 is 4.74 Å². The summed E-state index contributed by atoms with van der Waals surface area (Å²) in [7, 11) is -3.63. The maximum Gasteiger partial charge on any atom is 0.339 e. The molecule has 0 fully saturated rings. The average Bonchev–Trinajstić information content (AvgIpc) is 2.83. The third-order valence-electron chi connectivity index (χ3n) is 5.06. The van der Waals surface area contributed by atoms with Crippen molar-refractivity contribution in [1.82, 2.24) is 4.31 Å². The highest BCUT2D eigenvalue weighted by Gasteiger charge is 2.27. The van der Waals surface area contributed by atoms with Crippen LogP contribution >= 0.6 is 0 Å². The van der Waals surface area contributed by atoms with E-state index in [9.17, 15) is 18.0 Å². The summed E-state index contributed by atoms with van der Waals surface area (Å²) in [6.07, 6.45) is -1.12. The van der Waals surface area contributed by atoms with Gasteiger partial charge in [-0.3, -0.25) is 4.79 Å². The summed E-state index contributed by atoms with van der Waals surface area (Å²) in [4.78, 5) is 26.0. The molecule has 0 spiro atoms. The fraction of sp³-hybridized carbons (Fsp3) is 0.200. The molecule has 7 heteroatoms. The number of rotatable bonds is 9. The first-order valence-electron chi connectivity index (χ1n) is 10.3. The summed E-state index contributed by atoms with van der Waals surface area (Å²) in [6, 6.07) is 22.9. The van der Waals surface area contributed by atoms with E-state index < -0.39 is 22.1 Å². The number of carbonyl (C=O) groups excluding carboxylic acids is 2. The van der Waals surface area contributed by atoms with Crippen LogP contribution in [0.25, 0.3) is 0 Å². The molecular weight excluding hydrogens is 426 g/mol. The van der Waals surface area contributed by atoms with E-state index in [-0.39, 0.29) is 16.2 Å². The molecule has 0 aliphatic rings. The van der Waals surface area contributed by atoms with Crippen molar-refractivity contribution < 1.29 is 22.7 Å². The first-order valence-corrected chi connectivity index (χ1v) is 11.8. The van der Waals surface area contributed by atoms with Crippen LogP contribution < -0.4 is 0 Å². The zero-order valence-corrected chi connectivity index (χ0v) is 18.8. The molecule has 6 nitrogen and oxygen atoms in total. The van der Waals surface area contributed by atoms with Gasteiger partial charge in [-0.1, -0.05) is 74.5 Å². The van der Waals surface area contributed by atoms with Gasteiger partial charge in [0.05, 0.1) is 10.5 Å². The Bertz CT molecular complexity index is 1160. The minimum atomic E-state index is -3.63. The molecule has 0 aliphatic carbocycles. The highest BCUT2D eigenvalue weighted by Crippen LogP contribution is 2.25. The van der Waals surface area contributed by atoms with E-state index in [0.717, 1.165) is 0 Å². The van der Waals surface area contributed by atoms with E-state index in [1.807, 2.05) is 6.07 Å². The van der Waals surface area contributed by atoms with Crippen molar-refractivity contribution in [2.75, 3.05) is 13.1 Å². The molecule has 1 unspecified atom stereocenters. The minimum absolute atomic E-state index is 0.0951. The van der Waals surface area contributed by atoms with Crippen molar-refractivity contribution in [2.24, 2.45) is 0 Å². The highest BCUT2D eigenvalue weighted by molar-refractivity contribution is 7.89. The second-order valence-electron chi connectivity index (χ2n) is 7.04. The number of ketones is 1.